The molecule has 2 rings (SSSR count). The fourth-order valence-electron chi connectivity index (χ4n) is 2.55. The summed E-state index contributed by atoms with van der Waals surface area (Å²) in [6.07, 6.45) is 2.42. The summed E-state index contributed by atoms with van der Waals surface area (Å²) in [6.45, 7) is 2.77. The molecule has 0 bridgehead atoms. The van der Waals surface area contributed by atoms with Gasteiger partial charge in [0.2, 0.25) is 11.8 Å². The Labute approximate surface area is 119 Å². The molecule has 5 heteroatoms. The number of carbonyl (C=O) groups excluding carboxylic acids is 2. The Morgan fingerprint density at radius 2 is 2.05 bits per heavy atom. The maximum Gasteiger partial charge on any atom is 0.242 e. The Hall–Kier alpha value is -2.04. The molecule has 0 saturated carbocycles. The van der Waals surface area contributed by atoms with E-state index in [1.54, 1.807) is 4.90 Å². The van der Waals surface area contributed by atoms with Gasteiger partial charge >= 0.3 is 0 Å². The highest BCUT2D eigenvalue weighted by Gasteiger charge is 2.31. The van der Waals surface area contributed by atoms with Crippen LogP contribution in [0.1, 0.15) is 25.3 Å². The monoisotopic (exact) mass is 275 g/mol. The van der Waals surface area contributed by atoms with Gasteiger partial charge in [-0.15, -0.1) is 0 Å². The van der Waals surface area contributed by atoms with E-state index in [0.717, 1.165) is 30.5 Å². The van der Waals surface area contributed by atoms with Crippen molar-refractivity contribution in [2.45, 2.75) is 32.2 Å². The van der Waals surface area contributed by atoms with E-state index >= 15 is 0 Å². The van der Waals surface area contributed by atoms with Crippen LogP contribution in [0.25, 0.3) is 0 Å². The van der Waals surface area contributed by atoms with Gasteiger partial charge in [0.05, 0.1) is 0 Å². The number of nitrogens with one attached hydrogen (secondary N) is 1. The van der Waals surface area contributed by atoms with Crippen molar-refractivity contribution >= 4 is 17.5 Å². The van der Waals surface area contributed by atoms with Crippen molar-refractivity contribution in [2.24, 2.45) is 0 Å². The van der Waals surface area contributed by atoms with E-state index in [1.807, 2.05) is 24.3 Å². The summed E-state index contributed by atoms with van der Waals surface area (Å²) in [5.74, 6) is -0.0747. The van der Waals surface area contributed by atoms with Gasteiger partial charge < -0.3 is 16.0 Å². The minimum Gasteiger partial charge on any atom is -0.399 e. The normalized spacial score (nSPS) is 18.1. The molecule has 1 aliphatic heterocycles. The number of hydrogen-bond acceptors (Lipinski definition) is 3. The lowest BCUT2D eigenvalue weighted by atomic mass is 10.1. The van der Waals surface area contributed by atoms with E-state index in [9.17, 15) is 9.59 Å². The highest BCUT2D eigenvalue weighted by molar-refractivity contribution is 5.87. The standard InChI is InChI=1S/C15H21N3O2/c1-11(19)18-10-2-3-14(18)15(20)17-9-8-12-4-6-13(16)7-5-12/h4-7,14H,2-3,8-10,16H2,1H3,(H,17,20). The van der Waals surface area contributed by atoms with Crippen LogP contribution in [0.3, 0.4) is 0 Å². The highest BCUT2D eigenvalue weighted by atomic mass is 16.2. The topological polar surface area (TPSA) is 75.4 Å². The van der Waals surface area contributed by atoms with Gasteiger partial charge in [-0.1, -0.05) is 12.1 Å². The molecule has 108 valence electrons. The molecule has 5 nitrogen and oxygen atoms in total. The summed E-state index contributed by atoms with van der Waals surface area (Å²) in [4.78, 5) is 25.2. The number of amides is 2. The Morgan fingerprint density at radius 1 is 1.35 bits per heavy atom. The van der Waals surface area contributed by atoms with Crippen LogP contribution in [0.5, 0.6) is 0 Å². The fourth-order valence-corrected chi connectivity index (χ4v) is 2.55. The molecule has 0 radical (unpaired) electrons. The summed E-state index contributed by atoms with van der Waals surface area (Å²) >= 11 is 0. The number of carbonyl (C=O) groups is 2. The third kappa shape index (κ3) is 3.50. The first kappa shape index (κ1) is 14.4. The Balaban J connectivity index is 1.80. The SMILES string of the molecule is CC(=O)N1CCCC1C(=O)NCCc1ccc(N)cc1. The maximum atomic E-state index is 12.1. The van der Waals surface area contributed by atoms with Gasteiger partial charge in [0.25, 0.3) is 0 Å². The molecule has 1 aliphatic rings. The largest absolute Gasteiger partial charge is 0.399 e. The van der Waals surface area contributed by atoms with Gasteiger partial charge in [-0.05, 0) is 37.0 Å². The number of rotatable bonds is 4. The molecule has 3 N–H and O–H groups in total. The highest BCUT2D eigenvalue weighted by Crippen LogP contribution is 2.17. The lowest BCUT2D eigenvalue weighted by molar-refractivity contribution is -0.136. The minimum atomic E-state index is -0.293. The average Bonchev–Trinajstić information content (AvgIpc) is 2.90. The number of nitrogens with two attached hydrogens (primary N) is 1. The van der Waals surface area contributed by atoms with Gasteiger partial charge in [0, 0.05) is 25.7 Å². The van der Waals surface area contributed by atoms with Crippen LogP contribution in [0.2, 0.25) is 0 Å². The molecule has 1 atom stereocenters. The van der Waals surface area contributed by atoms with Crippen LogP contribution in [0.4, 0.5) is 5.69 Å². The molecule has 0 spiro atoms. The molecule has 1 aromatic rings. The van der Waals surface area contributed by atoms with Gasteiger partial charge in [0.1, 0.15) is 6.04 Å². The second-order valence-corrected chi connectivity index (χ2v) is 5.15. The number of hydrogen-bond donors (Lipinski definition) is 2. The molecule has 1 heterocycles. The Kier molecular flexibility index (Phi) is 4.61. The summed E-state index contributed by atoms with van der Waals surface area (Å²) < 4.78 is 0. The molecule has 1 unspecified atom stereocenters. The van der Waals surface area contributed by atoms with E-state index in [2.05, 4.69) is 5.32 Å². The fraction of sp³-hybridized carbons (Fsp3) is 0.467. The first-order valence-electron chi connectivity index (χ1n) is 6.97. The first-order chi connectivity index (χ1) is 9.58. The molecular formula is C15H21N3O2. The molecular weight excluding hydrogens is 254 g/mol. The zero-order valence-electron chi connectivity index (χ0n) is 11.8. The summed E-state index contributed by atoms with van der Waals surface area (Å²) in [5, 5.41) is 2.91. The van der Waals surface area contributed by atoms with E-state index in [0.29, 0.717) is 13.1 Å². The molecule has 0 aliphatic carbocycles. The number of benzene rings is 1. The molecule has 2 amide bonds. The van der Waals surface area contributed by atoms with Gasteiger partial charge in [-0.25, -0.2) is 0 Å². The van der Waals surface area contributed by atoms with Gasteiger partial charge in [-0.2, -0.15) is 0 Å². The van der Waals surface area contributed by atoms with Crippen LogP contribution in [0.15, 0.2) is 24.3 Å². The minimum absolute atomic E-state index is 0.0267. The van der Waals surface area contributed by atoms with Crippen molar-refractivity contribution in [3.63, 3.8) is 0 Å². The lowest BCUT2D eigenvalue weighted by Gasteiger charge is -2.22. The van der Waals surface area contributed by atoms with Crippen LogP contribution in [-0.4, -0.2) is 35.8 Å². The molecule has 0 aromatic heterocycles. The van der Waals surface area contributed by atoms with E-state index < -0.39 is 0 Å². The average molecular weight is 275 g/mol. The number of anilines is 1. The van der Waals surface area contributed by atoms with Crippen LogP contribution >= 0.6 is 0 Å². The lowest BCUT2D eigenvalue weighted by Crippen LogP contribution is -2.45. The predicted molar refractivity (Wildman–Crippen MR) is 78.0 cm³/mol. The van der Waals surface area contributed by atoms with E-state index in [4.69, 9.17) is 5.73 Å². The zero-order chi connectivity index (χ0) is 14.5. The van der Waals surface area contributed by atoms with Gasteiger partial charge in [0.15, 0.2) is 0 Å². The second kappa shape index (κ2) is 6.41. The summed E-state index contributed by atoms with van der Waals surface area (Å²) in [6, 6.07) is 7.33. The van der Waals surface area contributed by atoms with Crippen molar-refractivity contribution in [3.05, 3.63) is 29.8 Å². The van der Waals surface area contributed by atoms with Crippen LogP contribution in [0, 0.1) is 0 Å². The molecule has 1 fully saturated rings. The predicted octanol–water partition coefficient (Wildman–Crippen LogP) is 0.938. The Morgan fingerprint density at radius 3 is 2.70 bits per heavy atom. The third-order valence-electron chi connectivity index (χ3n) is 3.65. The van der Waals surface area contributed by atoms with E-state index in [-0.39, 0.29) is 17.9 Å². The van der Waals surface area contributed by atoms with Gasteiger partial charge in [-0.3, -0.25) is 9.59 Å². The third-order valence-corrected chi connectivity index (χ3v) is 3.65. The first-order valence-corrected chi connectivity index (χ1v) is 6.97. The van der Waals surface area contributed by atoms with Crippen LogP contribution < -0.4 is 11.1 Å². The number of likely N-dealkylation sites (tertiary alicyclic amines) is 1. The van der Waals surface area contributed by atoms with E-state index in [1.165, 1.54) is 6.92 Å². The van der Waals surface area contributed by atoms with Crippen molar-refractivity contribution in [2.75, 3.05) is 18.8 Å². The molecule has 20 heavy (non-hydrogen) atoms. The second-order valence-electron chi connectivity index (χ2n) is 5.15. The van der Waals surface area contributed by atoms with Crippen molar-refractivity contribution in [1.82, 2.24) is 10.2 Å². The zero-order valence-corrected chi connectivity index (χ0v) is 11.8. The number of nitrogen functional groups attached to an aromatic ring is 1. The number of nitrogens with zero attached hydrogens (tertiary/aromatic N) is 1. The van der Waals surface area contributed by atoms with Crippen molar-refractivity contribution in [3.8, 4) is 0 Å². The molecule has 1 aromatic carbocycles. The Bertz CT molecular complexity index is 484. The van der Waals surface area contributed by atoms with Crippen LogP contribution in [-0.2, 0) is 16.0 Å². The summed E-state index contributed by atoms with van der Waals surface area (Å²) in [5.41, 5.74) is 7.49. The maximum absolute atomic E-state index is 12.1. The summed E-state index contributed by atoms with van der Waals surface area (Å²) in [7, 11) is 0. The smallest absolute Gasteiger partial charge is 0.242 e. The quantitative estimate of drug-likeness (QED) is 0.803. The molecule has 1 saturated heterocycles. The van der Waals surface area contributed by atoms with Crippen molar-refractivity contribution in [1.29, 1.82) is 0 Å². The van der Waals surface area contributed by atoms with Crippen molar-refractivity contribution < 1.29 is 9.59 Å².